The van der Waals surface area contributed by atoms with Crippen molar-refractivity contribution in [3.05, 3.63) is 29.8 Å². The van der Waals surface area contributed by atoms with Crippen molar-refractivity contribution in [2.75, 3.05) is 5.73 Å². The van der Waals surface area contributed by atoms with Gasteiger partial charge in [0.25, 0.3) is 0 Å². The summed E-state index contributed by atoms with van der Waals surface area (Å²) in [5.74, 6) is -0.0725. The first-order chi connectivity index (χ1) is 5.61. The quantitative estimate of drug-likeness (QED) is 0.434. The number of Topliss-reactive ketones (excluding diaryl/α,β-unsaturated/α-hetero) is 1. The third kappa shape index (κ3) is 1.98. The molecule has 2 N–H and O–H groups in total. The predicted molar refractivity (Wildman–Crippen MR) is 50.5 cm³/mol. The molecule has 64 valence electrons. The molecule has 0 saturated carbocycles. The summed E-state index contributed by atoms with van der Waals surface area (Å²) in [5.41, 5.74) is 6.71. The van der Waals surface area contributed by atoms with Crippen molar-refractivity contribution in [2.24, 2.45) is 0 Å². The van der Waals surface area contributed by atoms with Crippen molar-refractivity contribution in [2.45, 2.75) is 12.3 Å². The number of anilines is 1. The minimum atomic E-state index is -0.478. The fraction of sp³-hybridized carbons (Fsp3) is 0.222. The summed E-state index contributed by atoms with van der Waals surface area (Å²) in [4.78, 5) is 11.3. The van der Waals surface area contributed by atoms with Gasteiger partial charge in [0.05, 0.1) is 5.38 Å². The molecule has 0 aliphatic heterocycles. The molecule has 1 aromatic rings. The third-order valence-corrected chi connectivity index (χ3v) is 1.75. The highest BCUT2D eigenvalue weighted by atomic mass is 35.5. The highest BCUT2D eigenvalue weighted by Crippen LogP contribution is 2.10. The number of carbonyl (C=O) groups is 1. The average Bonchev–Trinajstić information content (AvgIpc) is 2.04. The molecular weight excluding hydrogens is 174 g/mol. The van der Waals surface area contributed by atoms with Gasteiger partial charge < -0.3 is 5.73 Å². The largest absolute Gasteiger partial charge is 0.399 e. The lowest BCUT2D eigenvalue weighted by Gasteiger charge is -2.01. The minimum Gasteiger partial charge on any atom is -0.399 e. The van der Waals surface area contributed by atoms with Crippen LogP contribution in [0.4, 0.5) is 5.69 Å². The molecule has 0 fully saturated rings. The summed E-state index contributed by atoms with van der Waals surface area (Å²) in [5, 5.41) is -0.478. The van der Waals surface area contributed by atoms with Gasteiger partial charge in [-0.25, -0.2) is 0 Å². The lowest BCUT2D eigenvalue weighted by atomic mass is 10.1. The summed E-state index contributed by atoms with van der Waals surface area (Å²) in [7, 11) is 0. The molecule has 2 nitrogen and oxygen atoms in total. The van der Waals surface area contributed by atoms with E-state index in [4.69, 9.17) is 17.3 Å². The summed E-state index contributed by atoms with van der Waals surface area (Å²) >= 11 is 5.62. The SMILES string of the molecule is C[C@@H](Cl)C(=O)c1ccc(N)cc1. The van der Waals surface area contributed by atoms with Crippen molar-refractivity contribution < 1.29 is 4.79 Å². The maximum atomic E-state index is 11.3. The third-order valence-electron chi connectivity index (χ3n) is 1.56. The number of halogens is 1. The van der Waals surface area contributed by atoms with Crippen molar-refractivity contribution in [3.63, 3.8) is 0 Å². The Morgan fingerprint density at radius 1 is 1.42 bits per heavy atom. The van der Waals surface area contributed by atoms with Gasteiger partial charge in [0.1, 0.15) is 0 Å². The molecule has 0 bridgehead atoms. The summed E-state index contributed by atoms with van der Waals surface area (Å²) < 4.78 is 0. The molecule has 0 saturated heterocycles. The van der Waals surface area contributed by atoms with Crippen LogP contribution in [-0.2, 0) is 0 Å². The zero-order valence-corrected chi connectivity index (χ0v) is 7.51. The lowest BCUT2D eigenvalue weighted by Crippen LogP contribution is -2.10. The van der Waals surface area contributed by atoms with E-state index < -0.39 is 5.38 Å². The van der Waals surface area contributed by atoms with E-state index in [2.05, 4.69) is 0 Å². The second-order valence-corrected chi connectivity index (χ2v) is 3.26. The van der Waals surface area contributed by atoms with Gasteiger partial charge in [0.2, 0.25) is 0 Å². The Morgan fingerprint density at radius 3 is 2.33 bits per heavy atom. The zero-order valence-electron chi connectivity index (χ0n) is 6.75. The molecule has 0 unspecified atom stereocenters. The van der Waals surface area contributed by atoms with Crippen LogP contribution in [-0.4, -0.2) is 11.2 Å². The van der Waals surface area contributed by atoms with Gasteiger partial charge in [0.15, 0.2) is 5.78 Å². The van der Waals surface area contributed by atoms with E-state index in [0.29, 0.717) is 11.3 Å². The van der Waals surface area contributed by atoms with Crippen LogP contribution < -0.4 is 5.73 Å². The maximum Gasteiger partial charge on any atom is 0.180 e. The number of nitrogens with two attached hydrogens (primary N) is 1. The number of alkyl halides is 1. The normalized spacial score (nSPS) is 12.5. The Bertz CT molecular complexity index is 279. The van der Waals surface area contributed by atoms with Gasteiger partial charge in [0, 0.05) is 11.3 Å². The number of ketones is 1. The second kappa shape index (κ2) is 3.59. The minimum absolute atomic E-state index is 0.0725. The van der Waals surface area contributed by atoms with Crippen LogP contribution in [0.5, 0.6) is 0 Å². The van der Waals surface area contributed by atoms with E-state index >= 15 is 0 Å². The molecule has 0 spiro atoms. The van der Waals surface area contributed by atoms with E-state index in [-0.39, 0.29) is 5.78 Å². The van der Waals surface area contributed by atoms with Crippen LogP contribution in [0.15, 0.2) is 24.3 Å². The van der Waals surface area contributed by atoms with Gasteiger partial charge in [-0.3, -0.25) is 4.79 Å². The van der Waals surface area contributed by atoms with Crippen molar-refractivity contribution in [3.8, 4) is 0 Å². The topological polar surface area (TPSA) is 43.1 Å². The van der Waals surface area contributed by atoms with Gasteiger partial charge in [-0.05, 0) is 31.2 Å². The molecule has 0 radical (unpaired) electrons. The number of nitrogen functional groups attached to an aromatic ring is 1. The smallest absolute Gasteiger partial charge is 0.180 e. The number of rotatable bonds is 2. The Labute approximate surface area is 76.3 Å². The van der Waals surface area contributed by atoms with E-state index in [1.54, 1.807) is 31.2 Å². The van der Waals surface area contributed by atoms with E-state index in [1.807, 2.05) is 0 Å². The van der Waals surface area contributed by atoms with E-state index in [1.165, 1.54) is 0 Å². The zero-order chi connectivity index (χ0) is 9.14. The van der Waals surface area contributed by atoms with Gasteiger partial charge >= 0.3 is 0 Å². The molecular formula is C9H10ClNO. The van der Waals surface area contributed by atoms with Gasteiger partial charge in [-0.2, -0.15) is 0 Å². The summed E-state index contributed by atoms with van der Waals surface area (Å²) in [6, 6.07) is 6.73. The number of carbonyl (C=O) groups excluding carboxylic acids is 1. The molecule has 0 amide bonds. The highest BCUT2D eigenvalue weighted by molar-refractivity contribution is 6.33. The molecule has 1 atom stereocenters. The van der Waals surface area contributed by atoms with E-state index in [9.17, 15) is 4.79 Å². The Hall–Kier alpha value is -1.02. The monoisotopic (exact) mass is 183 g/mol. The van der Waals surface area contributed by atoms with Crippen LogP contribution in [0.3, 0.4) is 0 Å². The van der Waals surface area contributed by atoms with Crippen molar-refractivity contribution in [1.29, 1.82) is 0 Å². The maximum absolute atomic E-state index is 11.3. The summed E-state index contributed by atoms with van der Waals surface area (Å²) in [6.07, 6.45) is 0. The standard InChI is InChI=1S/C9H10ClNO/c1-6(10)9(12)7-2-4-8(11)5-3-7/h2-6H,11H2,1H3/t6-/m1/s1. The first-order valence-electron chi connectivity index (χ1n) is 3.65. The second-order valence-electron chi connectivity index (χ2n) is 2.60. The Kier molecular flexibility index (Phi) is 2.71. The molecule has 0 aliphatic carbocycles. The van der Waals surface area contributed by atoms with Crippen LogP contribution in [0.1, 0.15) is 17.3 Å². The van der Waals surface area contributed by atoms with Crippen LogP contribution in [0.25, 0.3) is 0 Å². The molecule has 3 heteroatoms. The average molecular weight is 184 g/mol. The molecule has 1 rings (SSSR count). The van der Waals surface area contributed by atoms with Crippen molar-refractivity contribution >= 4 is 23.1 Å². The first-order valence-corrected chi connectivity index (χ1v) is 4.08. The molecule has 1 aromatic carbocycles. The molecule has 0 heterocycles. The fourth-order valence-electron chi connectivity index (χ4n) is 0.877. The van der Waals surface area contributed by atoms with Crippen LogP contribution in [0.2, 0.25) is 0 Å². The number of benzene rings is 1. The van der Waals surface area contributed by atoms with Crippen LogP contribution in [0, 0.1) is 0 Å². The van der Waals surface area contributed by atoms with Gasteiger partial charge in [-0.15, -0.1) is 11.6 Å². The fourth-order valence-corrected chi connectivity index (χ4v) is 1.00. The number of hydrogen-bond acceptors (Lipinski definition) is 2. The molecule has 12 heavy (non-hydrogen) atoms. The molecule has 0 aliphatic rings. The Balaban J connectivity index is 2.90. The van der Waals surface area contributed by atoms with Gasteiger partial charge in [-0.1, -0.05) is 0 Å². The predicted octanol–water partition coefficient (Wildman–Crippen LogP) is 2.08. The van der Waals surface area contributed by atoms with E-state index in [0.717, 1.165) is 0 Å². The van der Waals surface area contributed by atoms with Crippen molar-refractivity contribution in [1.82, 2.24) is 0 Å². The summed E-state index contributed by atoms with van der Waals surface area (Å²) in [6.45, 7) is 1.65. The number of hydrogen-bond donors (Lipinski definition) is 1. The molecule has 0 aromatic heterocycles. The first kappa shape index (κ1) is 9.07. The van der Waals surface area contributed by atoms with Crippen LogP contribution >= 0.6 is 11.6 Å². The Morgan fingerprint density at radius 2 is 1.92 bits per heavy atom. The highest BCUT2D eigenvalue weighted by Gasteiger charge is 2.10. The lowest BCUT2D eigenvalue weighted by molar-refractivity contribution is 0.0992.